The number of hydrogen-bond acceptors (Lipinski definition) is 2. The lowest BCUT2D eigenvalue weighted by molar-refractivity contribution is 0.0599. The summed E-state index contributed by atoms with van der Waals surface area (Å²) in [4.78, 5) is 11.8. The lowest BCUT2D eigenvalue weighted by atomic mass is 10.0. The molecule has 16 heavy (non-hydrogen) atoms. The summed E-state index contributed by atoms with van der Waals surface area (Å²) in [7, 11) is 1.41. The first-order chi connectivity index (χ1) is 7.70. The number of ether oxygens (including phenoxy) is 1. The van der Waals surface area contributed by atoms with E-state index in [1.165, 1.54) is 7.11 Å². The lowest BCUT2D eigenvalue weighted by Crippen LogP contribution is -2.06. The third-order valence-electron chi connectivity index (χ3n) is 2.51. The third kappa shape index (κ3) is 3.34. The van der Waals surface area contributed by atoms with Gasteiger partial charge in [0, 0.05) is 4.83 Å². The molecule has 3 heteroatoms. The minimum absolute atomic E-state index is 0.225. The highest BCUT2D eigenvalue weighted by Gasteiger charge is 2.16. The van der Waals surface area contributed by atoms with Crippen molar-refractivity contribution in [3.63, 3.8) is 0 Å². The van der Waals surface area contributed by atoms with Crippen LogP contribution in [0.3, 0.4) is 0 Å². The molecule has 1 atom stereocenters. The first kappa shape index (κ1) is 13.2. The van der Waals surface area contributed by atoms with Gasteiger partial charge in [-0.3, -0.25) is 0 Å². The smallest absolute Gasteiger partial charge is 0.338 e. The van der Waals surface area contributed by atoms with E-state index in [9.17, 15) is 4.79 Å². The summed E-state index contributed by atoms with van der Waals surface area (Å²) in [6.45, 7) is 2.16. The van der Waals surface area contributed by atoms with Crippen LogP contribution in [0.2, 0.25) is 0 Å². The Bertz CT molecular complexity index is 350. The molecule has 1 unspecified atom stereocenters. The van der Waals surface area contributed by atoms with Crippen LogP contribution in [0, 0.1) is 0 Å². The van der Waals surface area contributed by atoms with Crippen LogP contribution in [-0.2, 0) is 4.74 Å². The van der Waals surface area contributed by atoms with Crippen molar-refractivity contribution in [1.29, 1.82) is 0 Å². The standard InChI is InChI=1S/C13H17BrO2/c1-3-4-9-12(14)10-7-5-6-8-11(10)13(15)16-2/h5-8,12H,3-4,9H2,1-2H3. The topological polar surface area (TPSA) is 26.3 Å². The number of hydrogen-bond donors (Lipinski definition) is 0. The van der Waals surface area contributed by atoms with Gasteiger partial charge in [-0.2, -0.15) is 0 Å². The minimum atomic E-state index is -0.267. The van der Waals surface area contributed by atoms with E-state index in [1.54, 1.807) is 6.07 Å². The van der Waals surface area contributed by atoms with Crippen molar-refractivity contribution in [3.05, 3.63) is 35.4 Å². The summed E-state index contributed by atoms with van der Waals surface area (Å²) in [5.74, 6) is -0.267. The van der Waals surface area contributed by atoms with Gasteiger partial charge in [0.05, 0.1) is 12.7 Å². The predicted octanol–water partition coefficient (Wildman–Crippen LogP) is 4.10. The van der Waals surface area contributed by atoms with Crippen molar-refractivity contribution in [1.82, 2.24) is 0 Å². The molecular formula is C13H17BrO2. The van der Waals surface area contributed by atoms with E-state index in [1.807, 2.05) is 18.2 Å². The fraction of sp³-hybridized carbons (Fsp3) is 0.462. The molecule has 0 amide bonds. The molecule has 0 spiro atoms. The number of unbranched alkanes of at least 4 members (excludes halogenated alkanes) is 1. The number of carbonyl (C=O) groups is 1. The summed E-state index contributed by atoms with van der Waals surface area (Å²) in [6.07, 6.45) is 3.33. The van der Waals surface area contributed by atoms with Crippen molar-refractivity contribution in [2.75, 3.05) is 7.11 Å². The van der Waals surface area contributed by atoms with Gasteiger partial charge in [-0.05, 0) is 18.1 Å². The molecule has 88 valence electrons. The highest BCUT2D eigenvalue weighted by atomic mass is 79.9. The average molecular weight is 285 g/mol. The van der Waals surface area contributed by atoms with Gasteiger partial charge in [-0.15, -0.1) is 0 Å². The van der Waals surface area contributed by atoms with E-state index in [4.69, 9.17) is 4.74 Å². The molecule has 0 aromatic heterocycles. The Kier molecular flexibility index (Phi) is 5.53. The zero-order chi connectivity index (χ0) is 12.0. The number of alkyl halides is 1. The first-order valence-electron chi connectivity index (χ1n) is 5.52. The van der Waals surface area contributed by atoms with Gasteiger partial charge in [-0.1, -0.05) is 53.9 Å². The van der Waals surface area contributed by atoms with Crippen LogP contribution in [0.1, 0.15) is 46.9 Å². The molecule has 0 bridgehead atoms. The molecule has 0 saturated heterocycles. The molecule has 0 saturated carbocycles. The van der Waals surface area contributed by atoms with Crippen LogP contribution in [0.5, 0.6) is 0 Å². The van der Waals surface area contributed by atoms with Crippen molar-refractivity contribution >= 4 is 21.9 Å². The molecular weight excluding hydrogens is 268 g/mol. The van der Waals surface area contributed by atoms with E-state index >= 15 is 0 Å². The van der Waals surface area contributed by atoms with Gasteiger partial charge in [0.2, 0.25) is 0 Å². The van der Waals surface area contributed by atoms with Gasteiger partial charge in [0.15, 0.2) is 0 Å². The molecule has 1 aromatic carbocycles. The SMILES string of the molecule is CCCCC(Br)c1ccccc1C(=O)OC. The van der Waals surface area contributed by atoms with Crippen molar-refractivity contribution in [3.8, 4) is 0 Å². The normalized spacial score (nSPS) is 12.2. The Morgan fingerprint density at radius 3 is 2.75 bits per heavy atom. The number of rotatable bonds is 5. The highest BCUT2D eigenvalue weighted by Crippen LogP contribution is 2.31. The quantitative estimate of drug-likeness (QED) is 0.601. The Hall–Kier alpha value is -0.830. The molecule has 0 heterocycles. The molecule has 0 N–H and O–H groups in total. The first-order valence-corrected chi connectivity index (χ1v) is 6.43. The maximum atomic E-state index is 11.6. The summed E-state index contributed by atoms with van der Waals surface area (Å²) in [5, 5.41) is 0. The van der Waals surface area contributed by atoms with E-state index in [0.717, 1.165) is 24.8 Å². The van der Waals surface area contributed by atoms with Gasteiger partial charge in [0.1, 0.15) is 0 Å². The van der Waals surface area contributed by atoms with Crippen LogP contribution in [0.25, 0.3) is 0 Å². The molecule has 0 radical (unpaired) electrons. The van der Waals surface area contributed by atoms with Crippen molar-refractivity contribution < 1.29 is 9.53 Å². The molecule has 0 fully saturated rings. The number of methoxy groups -OCH3 is 1. The largest absolute Gasteiger partial charge is 0.465 e. The fourth-order valence-corrected chi connectivity index (χ4v) is 2.33. The number of carbonyl (C=O) groups excluding carboxylic acids is 1. The number of benzene rings is 1. The predicted molar refractivity (Wildman–Crippen MR) is 69.0 cm³/mol. The summed E-state index contributed by atoms with van der Waals surface area (Å²) in [5.41, 5.74) is 1.67. The number of halogens is 1. The average Bonchev–Trinajstić information content (AvgIpc) is 2.35. The summed E-state index contributed by atoms with van der Waals surface area (Å²) in [6, 6.07) is 7.58. The number of esters is 1. The second kappa shape index (κ2) is 6.69. The molecule has 0 aliphatic rings. The van der Waals surface area contributed by atoms with Crippen LogP contribution < -0.4 is 0 Å². The van der Waals surface area contributed by atoms with Crippen LogP contribution in [0.4, 0.5) is 0 Å². The Morgan fingerprint density at radius 2 is 2.12 bits per heavy atom. The van der Waals surface area contributed by atoms with Crippen molar-refractivity contribution in [2.45, 2.75) is 31.0 Å². The Labute approximate surface area is 105 Å². The maximum absolute atomic E-state index is 11.6. The second-order valence-electron chi connectivity index (χ2n) is 3.69. The van der Waals surface area contributed by atoms with Gasteiger partial charge in [0.25, 0.3) is 0 Å². The van der Waals surface area contributed by atoms with Gasteiger partial charge >= 0.3 is 5.97 Å². The molecule has 1 rings (SSSR count). The molecule has 2 nitrogen and oxygen atoms in total. The van der Waals surface area contributed by atoms with Crippen LogP contribution in [0.15, 0.2) is 24.3 Å². The monoisotopic (exact) mass is 284 g/mol. The second-order valence-corrected chi connectivity index (χ2v) is 4.79. The van der Waals surface area contributed by atoms with Gasteiger partial charge in [-0.25, -0.2) is 4.79 Å². The highest BCUT2D eigenvalue weighted by molar-refractivity contribution is 9.09. The van der Waals surface area contributed by atoms with Gasteiger partial charge < -0.3 is 4.74 Å². The molecule has 0 aliphatic carbocycles. The molecule has 1 aromatic rings. The zero-order valence-electron chi connectivity index (χ0n) is 9.70. The summed E-state index contributed by atoms with van der Waals surface area (Å²) < 4.78 is 4.77. The van der Waals surface area contributed by atoms with Crippen molar-refractivity contribution in [2.24, 2.45) is 0 Å². The van der Waals surface area contributed by atoms with E-state index in [0.29, 0.717) is 5.56 Å². The lowest BCUT2D eigenvalue weighted by Gasteiger charge is -2.13. The van der Waals surface area contributed by atoms with E-state index in [2.05, 4.69) is 22.9 Å². The Morgan fingerprint density at radius 1 is 1.44 bits per heavy atom. The van der Waals surface area contributed by atoms with E-state index < -0.39 is 0 Å². The van der Waals surface area contributed by atoms with Crippen LogP contribution >= 0.6 is 15.9 Å². The minimum Gasteiger partial charge on any atom is -0.465 e. The van der Waals surface area contributed by atoms with Crippen LogP contribution in [-0.4, -0.2) is 13.1 Å². The Balaban J connectivity index is 2.89. The summed E-state index contributed by atoms with van der Waals surface area (Å²) >= 11 is 3.63. The maximum Gasteiger partial charge on any atom is 0.338 e. The molecule has 0 aliphatic heterocycles. The fourth-order valence-electron chi connectivity index (χ4n) is 1.60. The third-order valence-corrected chi connectivity index (χ3v) is 3.47. The van der Waals surface area contributed by atoms with E-state index in [-0.39, 0.29) is 10.8 Å². The zero-order valence-corrected chi connectivity index (χ0v) is 11.3.